The van der Waals surface area contributed by atoms with Gasteiger partial charge in [-0.25, -0.2) is 0 Å². The molecule has 126 valence electrons. The number of hydrogen-bond acceptors (Lipinski definition) is 4. The van der Waals surface area contributed by atoms with Crippen LogP contribution in [0.3, 0.4) is 0 Å². The SMILES string of the molecule is O=C(Nc1ccc(SC(F)F)cc1)c1cc(N2CCCC2)ccn1. The van der Waals surface area contributed by atoms with Crippen molar-refractivity contribution in [1.82, 2.24) is 4.98 Å². The lowest BCUT2D eigenvalue weighted by Gasteiger charge is -2.17. The van der Waals surface area contributed by atoms with Crippen molar-refractivity contribution in [2.45, 2.75) is 23.5 Å². The number of halogens is 2. The number of hydrogen-bond donors (Lipinski definition) is 1. The van der Waals surface area contributed by atoms with Gasteiger partial charge in [-0.3, -0.25) is 9.78 Å². The molecule has 1 amide bonds. The number of anilines is 2. The van der Waals surface area contributed by atoms with Crippen LogP contribution in [0.2, 0.25) is 0 Å². The molecule has 0 atom stereocenters. The minimum atomic E-state index is -2.46. The van der Waals surface area contributed by atoms with Crippen molar-refractivity contribution in [3.8, 4) is 0 Å². The first-order valence-corrected chi connectivity index (χ1v) is 8.57. The zero-order valence-electron chi connectivity index (χ0n) is 12.9. The molecule has 4 nitrogen and oxygen atoms in total. The molecule has 1 aliphatic heterocycles. The minimum Gasteiger partial charge on any atom is -0.371 e. The number of pyridine rings is 1. The van der Waals surface area contributed by atoms with E-state index in [-0.39, 0.29) is 5.91 Å². The first-order chi connectivity index (χ1) is 11.6. The third kappa shape index (κ3) is 4.23. The van der Waals surface area contributed by atoms with E-state index in [1.807, 2.05) is 6.07 Å². The minimum absolute atomic E-state index is 0.315. The lowest BCUT2D eigenvalue weighted by atomic mass is 10.2. The highest BCUT2D eigenvalue weighted by molar-refractivity contribution is 7.99. The first-order valence-electron chi connectivity index (χ1n) is 7.69. The third-order valence-corrected chi connectivity index (χ3v) is 4.51. The fourth-order valence-corrected chi connectivity index (χ4v) is 3.13. The molecule has 0 spiro atoms. The number of benzene rings is 1. The van der Waals surface area contributed by atoms with Gasteiger partial charge in [0.05, 0.1) is 0 Å². The Labute approximate surface area is 143 Å². The van der Waals surface area contributed by atoms with Gasteiger partial charge in [0.2, 0.25) is 0 Å². The van der Waals surface area contributed by atoms with Crippen molar-refractivity contribution in [1.29, 1.82) is 0 Å². The summed E-state index contributed by atoms with van der Waals surface area (Å²) < 4.78 is 24.6. The van der Waals surface area contributed by atoms with E-state index in [1.54, 1.807) is 36.5 Å². The molecule has 2 heterocycles. The maximum absolute atomic E-state index is 12.3. The van der Waals surface area contributed by atoms with Gasteiger partial charge in [0.25, 0.3) is 11.7 Å². The van der Waals surface area contributed by atoms with E-state index in [0.29, 0.717) is 28.0 Å². The molecule has 3 rings (SSSR count). The Morgan fingerprint density at radius 1 is 1.17 bits per heavy atom. The van der Waals surface area contributed by atoms with Crippen molar-refractivity contribution in [3.63, 3.8) is 0 Å². The van der Waals surface area contributed by atoms with Crippen LogP contribution in [-0.2, 0) is 0 Å². The van der Waals surface area contributed by atoms with E-state index >= 15 is 0 Å². The van der Waals surface area contributed by atoms with Gasteiger partial charge in [0.1, 0.15) is 5.69 Å². The summed E-state index contributed by atoms with van der Waals surface area (Å²) in [6.07, 6.45) is 3.95. The molecule has 1 aromatic carbocycles. The van der Waals surface area contributed by atoms with Crippen LogP contribution < -0.4 is 10.2 Å². The molecule has 0 aliphatic carbocycles. The molecule has 2 aromatic rings. The van der Waals surface area contributed by atoms with Crippen LogP contribution in [-0.4, -0.2) is 29.7 Å². The van der Waals surface area contributed by atoms with Gasteiger partial charge < -0.3 is 10.2 Å². The molecule has 1 N–H and O–H groups in total. The van der Waals surface area contributed by atoms with E-state index in [4.69, 9.17) is 0 Å². The standard InChI is InChI=1S/C17H17F2N3OS/c18-17(19)24-14-5-3-12(4-6-14)21-16(23)15-11-13(7-8-20-15)22-9-1-2-10-22/h3-8,11,17H,1-2,9-10H2,(H,21,23). The summed E-state index contributed by atoms with van der Waals surface area (Å²) in [7, 11) is 0. The lowest BCUT2D eigenvalue weighted by Crippen LogP contribution is -2.19. The van der Waals surface area contributed by atoms with E-state index in [0.717, 1.165) is 31.6 Å². The Balaban J connectivity index is 1.67. The van der Waals surface area contributed by atoms with Crippen molar-refractivity contribution in [3.05, 3.63) is 48.3 Å². The summed E-state index contributed by atoms with van der Waals surface area (Å²) in [5.74, 6) is -2.77. The quantitative estimate of drug-likeness (QED) is 0.820. The van der Waals surface area contributed by atoms with E-state index in [9.17, 15) is 13.6 Å². The molecular formula is C17H17F2N3OS. The number of nitrogens with one attached hydrogen (secondary N) is 1. The highest BCUT2D eigenvalue weighted by Gasteiger charge is 2.15. The molecule has 0 saturated carbocycles. The first kappa shape index (κ1) is 16.7. The van der Waals surface area contributed by atoms with Crippen LogP contribution in [0.15, 0.2) is 47.5 Å². The number of rotatable bonds is 5. The number of aromatic nitrogens is 1. The predicted molar refractivity (Wildman–Crippen MR) is 91.9 cm³/mol. The molecule has 0 bridgehead atoms. The van der Waals surface area contributed by atoms with Crippen molar-refractivity contribution < 1.29 is 13.6 Å². The Bertz CT molecular complexity index is 703. The molecule has 0 radical (unpaired) electrons. The summed E-state index contributed by atoms with van der Waals surface area (Å²) in [5, 5.41) is 2.74. The third-order valence-electron chi connectivity index (χ3n) is 3.78. The van der Waals surface area contributed by atoms with Crippen LogP contribution in [0.4, 0.5) is 20.2 Å². The van der Waals surface area contributed by atoms with Gasteiger partial charge >= 0.3 is 0 Å². The Hall–Kier alpha value is -2.15. The average Bonchev–Trinajstić information content (AvgIpc) is 3.11. The molecule has 1 saturated heterocycles. The molecule has 24 heavy (non-hydrogen) atoms. The second-order valence-corrected chi connectivity index (χ2v) is 6.51. The van der Waals surface area contributed by atoms with E-state index in [2.05, 4.69) is 15.2 Å². The lowest BCUT2D eigenvalue weighted by molar-refractivity contribution is 0.102. The second-order valence-electron chi connectivity index (χ2n) is 5.45. The largest absolute Gasteiger partial charge is 0.371 e. The molecule has 1 aliphatic rings. The molecular weight excluding hydrogens is 332 g/mol. The monoisotopic (exact) mass is 349 g/mol. The van der Waals surface area contributed by atoms with Crippen molar-refractivity contribution >= 4 is 29.0 Å². The number of carbonyl (C=O) groups is 1. The number of amides is 1. The van der Waals surface area contributed by atoms with Crippen molar-refractivity contribution in [2.75, 3.05) is 23.3 Å². The number of carbonyl (C=O) groups excluding carboxylic acids is 1. The normalized spacial score (nSPS) is 14.2. The van der Waals surface area contributed by atoms with Crippen molar-refractivity contribution in [2.24, 2.45) is 0 Å². The summed E-state index contributed by atoms with van der Waals surface area (Å²) in [4.78, 5) is 19.1. The smallest absolute Gasteiger partial charge is 0.288 e. The van der Waals surface area contributed by atoms with Crippen LogP contribution in [0.1, 0.15) is 23.3 Å². The van der Waals surface area contributed by atoms with E-state index < -0.39 is 5.76 Å². The summed E-state index contributed by atoms with van der Waals surface area (Å²) in [6.45, 7) is 1.99. The molecule has 1 fully saturated rings. The Morgan fingerprint density at radius 2 is 1.88 bits per heavy atom. The Kier molecular flexibility index (Phi) is 5.30. The summed E-state index contributed by atoms with van der Waals surface area (Å²) in [5.41, 5.74) is 1.88. The van der Waals surface area contributed by atoms with Crippen LogP contribution in [0.25, 0.3) is 0 Å². The maximum atomic E-state index is 12.3. The predicted octanol–water partition coefficient (Wildman–Crippen LogP) is 4.25. The molecule has 1 aromatic heterocycles. The van der Waals surface area contributed by atoms with Gasteiger partial charge in [-0.05, 0) is 49.2 Å². The zero-order valence-corrected chi connectivity index (χ0v) is 13.7. The number of nitrogens with zero attached hydrogens (tertiary/aromatic N) is 2. The zero-order chi connectivity index (χ0) is 16.9. The molecule has 0 unspecified atom stereocenters. The summed E-state index contributed by atoms with van der Waals surface area (Å²) in [6, 6.07) is 10.0. The average molecular weight is 349 g/mol. The fraction of sp³-hybridized carbons (Fsp3) is 0.294. The van der Waals surface area contributed by atoms with E-state index in [1.165, 1.54) is 0 Å². The summed E-state index contributed by atoms with van der Waals surface area (Å²) >= 11 is 0.475. The van der Waals surface area contributed by atoms with Crippen LogP contribution in [0, 0.1) is 0 Å². The highest BCUT2D eigenvalue weighted by atomic mass is 32.2. The van der Waals surface area contributed by atoms with Gasteiger partial charge in [-0.1, -0.05) is 11.8 Å². The number of thioether (sulfide) groups is 1. The fourth-order valence-electron chi connectivity index (χ4n) is 2.63. The maximum Gasteiger partial charge on any atom is 0.288 e. The molecule has 7 heteroatoms. The van der Waals surface area contributed by atoms with Gasteiger partial charge in [0, 0.05) is 35.6 Å². The number of alkyl halides is 2. The second kappa shape index (κ2) is 7.61. The topological polar surface area (TPSA) is 45.2 Å². The van der Waals surface area contributed by atoms with Gasteiger partial charge in [0.15, 0.2) is 0 Å². The Morgan fingerprint density at radius 3 is 2.54 bits per heavy atom. The highest BCUT2D eigenvalue weighted by Crippen LogP contribution is 2.26. The van der Waals surface area contributed by atoms with Crippen LogP contribution >= 0.6 is 11.8 Å². The van der Waals surface area contributed by atoms with Crippen LogP contribution in [0.5, 0.6) is 0 Å². The van der Waals surface area contributed by atoms with Gasteiger partial charge in [-0.15, -0.1) is 0 Å². The van der Waals surface area contributed by atoms with Gasteiger partial charge in [-0.2, -0.15) is 8.78 Å².